The highest BCUT2D eigenvalue weighted by Crippen LogP contribution is 2.13. The highest BCUT2D eigenvalue weighted by molar-refractivity contribution is 9.10. The van der Waals surface area contributed by atoms with Crippen LogP contribution in [-0.4, -0.2) is 15.7 Å². The van der Waals surface area contributed by atoms with Gasteiger partial charge in [-0.15, -0.1) is 0 Å². The number of rotatable bonds is 2. The second-order valence-electron chi connectivity index (χ2n) is 2.70. The molecule has 0 unspecified atom stereocenters. The summed E-state index contributed by atoms with van der Waals surface area (Å²) in [5.41, 5.74) is 1.77. The Hall–Kier alpha value is -1.16. The van der Waals surface area contributed by atoms with Crippen molar-refractivity contribution in [1.82, 2.24) is 9.38 Å². The third-order valence-corrected chi connectivity index (χ3v) is 2.31. The van der Waals surface area contributed by atoms with Gasteiger partial charge in [-0.3, -0.25) is 0 Å². The van der Waals surface area contributed by atoms with Gasteiger partial charge < -0.3 is 9.20 Å². The van der Waals surface area contributed by atoms with Gasteiger partial charge in [0.05, 0.1) is 0 Å². The molecule has 0 atom stereocenters. The average Bonchev–Trinajstić information content (AvgIpc) is 2.49. The number of halogens is 1. The zero-order valence-corrected chi connectivity index (χ0v) is 8.36. The Morgan fingerprint density at radius 3 is 3.15 bits per heavy atom. The summed E-state index contributed by atoms with van der Waals surface area (Å²) in [5, 5.41) is 0. The minimum Gasteiger partial charge on any atom is -0.303 e. The Kier molecular flexibility index (Phi) is 2.14. The molecule has 0 saturated carbocycles. The standard InChI is InChI=1S/C9H7BrN2O/c10-7-1-2-9-11-5-8(3-4-13)12(9)6-7/h1-2,4-6H,3H2. The van der Waals surface area contributed by atoms with Crippen LogP contribution >= 0.6 is 15.9 Å². The van der Waals surface area contributed by atoms with Gasteiger partial charge in [0, 0.05) is 29.0 Å². The van der Waals surface area contributed by atoms with Crippen molar-refractivity contribution < 1.29 is 4.79 Å². The Morgan fingerprint density at radius 2 is 2.38 bits per heavy atom. The molecule has 0 aliphatic carbocycles. The van der Waals surface area contributed by atoms with E-state index in [0.29, 0.717) is 6.42 Å². The van der Waals surface area contributed by atoms with E-state index in [2.05, 4.69) is 20.9 Å². The van der Waals surface area contributed by atoms with Crippen LogP contribution in [0.15, 0.2) is 29.0 Å². The van der Waals surface area contributed by atoms with Crippen LogP contribution < -0.4 is 0 Å². The molecule has 0 aromatic carbocycles. The van der Waals surface area contributed by atoms with Gasteiger partial charge in [0.1, 0.15) is 11.9 Å². The lowest BCUT2D eigenvalue weighted by molar-refractivity contribution is -0.107. The number of carbonyl (C=O) groups is 1. The summed E-state index contributed by atoms with van der Waals surface area (Å²) in [6, 6.07) is 3.82. The summed E-state index contributed by atoms with van der Waals surface area (Å²) >= 11 is 3.37. The number of nitrogens with zero attached hydrogens (tertiary/aromatic N) is 2. The summed E-state index contributed by atoms with van der Waals surface area (Å²) < 4.78 is 2.88. The number of aldehydes is 1. The molecule has 2 aromatic heterocycles. The number of aromatic nitrogens is 2. The van der Waals surface area contributed by atoms with E-state index >= 15 is 0 Å². The molecule has 2 heterocycles. The Balaban J connectivity index is 2.64. The number of hydrogen-bond donors (Lipinski definition) is 0. The zero-order chi connectivity index (χ0) is 9.26. The Labute approximate surface area is 83.5 Å². The minimum absolute atomic E-state index is 0.400. The van der Waals surface area contributed by atoms with Crippen molar-refractivity contribution in [2.75, 3.05) is 0 Å². The second-order valence-corrected chi connectivity index (χ2v) is 3.61. The number of fused-ring (bicyclic) bond motifs is 1. The maximum absolute atomic E-state index is 10.3. The number of pyridine rings is 1. The Bertz CT molecular complexity index is 450. The van der Waals surface area contributed by atoms with Crippen molar-refractivity contribution in [2.24, 2.45) is 0 Å². The summed E-state index contributed by atoms with van der Waals surface area (Å²) in [6.45, 7) is 0. The fourth-order valence-electron chi connectivity index (χ4n) is 1.24. The van der Waals surface area contributed by atoms with Gasteiger partial charge in [-0.25, -0.2) is 4.98 Å². The van der Waals surface area contributed by atoms with Crippen molar-refractivity contribution in [1.29, 1.82) is 0 Å². The van der Waals surface area contributed by atoms with E-state index in [4.69, 9.17) is 0 Å². The first kappa shape index (κ1) is 8.44. The lowest BCUT2D eigenvalue weighted by Crippen LogP contribution is -1.92. The largest absolute Gasteiger partial charge is 0.303 e. The van der Waals surface area contributed by atoms with Gasteiger partial charge >= 0.3 is 0 Å². The molecule has 13 heavy (non-hydrogen) atoms. The van der Waals surface area contributed by atoms with Crippen LogP contribution in [0.3, 0.4) is 0 Å². The Morgan fingerprint density at radius 1 is 1.54 bits per heavy atom. The molecule has 2 aromatic rings. The van der Waals surface area contributed by atoms with Crippen LogP contribution in [0.25, 0.3) is 5.65 Å². The molecule has 0 amide bonds. The smallest absolute Gasteiger partial charge is 0.136 e. The highest BCUT2D eigenvalue weighted by atomic mass is 79.9. The number of hydrogen-bond acceptors (Lipinski definition) is 2. The normalized spacial score (nSPS) is 10.5. The highest BCUT2D eigenvalue weighted by Gasteiger charge is 2.01. The van der Waals surface area contributed by atoms with E-state index in [9.17, 15) is 4.79 Å². The summed E-state index contributed by atoms with van der Waals surface area (Å²) in [6.07, 6.45) is 4.90. The van der Waals surface area contributed by atoms with Crippen molar-refractivity contribution in [2.45, 2.75) is 6.42 Å². The topological polar surface area (TPSA) is 34.4 Å². The van der Waals surface area contributed by atoms with E-state index in [0.717, 1.165) is 22.1 Å². The summed E-state index contributed by atoms with van der Waals surface area (Å²) in [5.74, 6) is 0. The molecule has 0 radical (unpaired) electrons. The van der Waals surface area contributed by atoms with Crippen LogP contribution in [0.4, 0.5) is 0 Å². The van der Waals surface area contributed by atoms with Crippen LogP contribution in [0.5, 0.6) is 0 Å². The number of carbonyl (C=O) groups excluding carboxylic acids is 1. The molecule has 0 spiro atoms. The summed E-state index contributed by atoms with van der Waals surface area (Å²) in [7, 11) is 0. The van der Waals surface area contributed by atoms with E-state index in [1.54, 1.807) is 6.20 Å². The molecule has 4 heteroatoms. The molecule has 66 valence electrons. The van der Waals surface area contributed by atoms with Crippen LogP contribution in [-0.2, 0) is 11.2 Å². The molecule has 3 nitrogen and oxygen atoms in total. The van der Waals surface area contributed by atoms with Crippen LogP contribution in [0, 0.1) is 0 Å². The first-order chi connectivity index (χ1) is 6.31. The summed E-state index contributed by atoms with van der Waals surface area (Å²) in [4.78, 5) is 14.5. The minimum atomic E-state index is 0.400. The maximum atomic E-state index is 10.3. The van der Waals surface area contributed by atoms with Gasteiger partial charge in [-0.1, -0.05) is 0 Å². The lowest BCUT2D eigenvalue weighted by atomic mass is 10.3. The predicted molar refractivity (Wildman–Crippen MR) is 52.7 cm³/mol. The van der Waals surface area contributed by atoms with E-state index in [1.807, 2.05) is 22.7 Å². The molecule has 0 aliphatic rings. The van der Waals surface area contributed by atoms with Crippen molar-refractivity contribution >= 4 is 27.9 Å². The van der Waals surface area contributed by atoms with Crippen LogP contribution in [0.2, 0.25) is 0 Å². The second kappa shape index (κ2) is 3.30. The van der Waals surface area contributed by atoms with Gasteiger partial charge in [-0.05, 0) is 28.1 Å². The first-order valence-electron chi connectivity index (χ1n) is 3.86. The SMILES string of the molecule is O=CCc1cnc2ccc(Br)cn12. The average molecular weight is 239 g/mol. The van der Waals surface area contributed by atoms with E-state index in [1.165, 1.54) is 0 Å². The third-order valence-electron chi connectivity index (χ3n) is 1.84. The first-order valence-corrected chi connectivity index (χ1v) is 4.65. The van der Waals surface area contributed by atoms with E-state index < -0.39 is 0 Å². The lowest BCUT2D eigenvalue weighted by Gasteiger charge is -1.97. The van der Waals surface area contributed by atoms with E-state index in [-0.39, 0.29) is 0 Å². The third kappa shape index (κ3) is 1.49. The molecule has 0 fully saturated rings. The maximum Gasteiger partial charge on any atom is 0.136 e. The molecule has 0 N–H and O–H groups in total. The fourth-order valence-corrected chi connectivity index (χ4v) is 1.58. The van der Waals surface area contributed by atoms with Gasteiger partial charge in [0.25, 0.3) is 0 Å². The van der Waals surface area contributed by atoms with Gasteiger partial charge in [-0.2, -0.15) is 0 Å². The molecule has 2 rings (SSSR count). The van der Waals surface area contributed by atoms with Crippen molar-refractivity contribution in [3.8, 4) is 0 Å². The fraction of sp³-hybridized carbons (Fsp3) is 0.111. The van der Waals surface area contributed by atoms with Crippen LogP contribution in [0.1, 0.15) is 5.69 Å². The molecular weight excluding hydrogens is 232 g/mol. The molecule has 0 saturated heterocycles. The molecular formula is C9H7BrN2O. The van der Waals surface area contributed by atoms with Gasteiger partial charge in [0.2, 0.25) is 0 Å². The number of imidazole rings is 1. The monoisotopic (exact) mass is 238 g/mol. The predicted octanol–water partition coefficient (Wildman–Crippen LogP) is 1.84. The van der Waals surface area contributed by atoms with Gasteiger partial charge in [0.15, 0.2) is 0 Å². The quantitative estimate of drug-likeness (QED) is 0.749. The van der Waals surface area contributed by atoms with Crippen molar-refractivity contribution in [3.63, 3.8) is 0 Å². The zero-order valence-electron chi connectivity index (χ0n) is 6.77. The van der Waals surface area contributed by atoms with Crippen molar-refractivity contribution in [3.05, 3.63) is 34.7 Å². The molecule has 0 bridgehead atoms. The molecule has 0 aliphatic heterocycles.